The largest absolute Gasteiger partial charge is 0.342 e. The maximum Gasteiger partial charge on any atom is 0.222 e. The second-order valence-corrected chi connectivity index (χ2v) is 16.1. The zero-order valence-corrected chi connectivity index (χ0v) is 33.4. The van der Waals surface area contributed by atoms with Crippen LogP contribution in [0.5, 0.6) is 0 Å². The molecule has 0 aromatic carbocycles. The molecule has 46 heavy (non-hydrogen) atoms. The first-order valence-electron chi connectivity index (χ1n) is 20.5. The van der Waals surface area contributed by atoms with Crippen LogP contribution in [-0.2, 0) is 9.59 Å². The fourth-order valence-electron chi connectivity index (χ4n) is 7.11. The highest BCUT2D eigenvalue weighted by atomic mass is 16.2. The van der Waals surface area contributed by atoms with Crippen LogP contribution in [0.4, 0.5) is 0 Å². The Balaban J connectivity index is 5.94. The van der Waals surface area contributed by atoms with Gasteiger partial charge >= 0.3 is 0 Å². The number of nitrogens with zero attached hydrogens (tertiary/aromatic N) is 2. The molecule has 0 saturated heterocycles. The molecule has 0 aliphatic rings. The van der Waals surface area contributed by atoms with Gasteiger partial charge in [0.15, 0.2) is 0 Å². The SMILES string of the molecule is CCCCC(CC)CN(CC(CC)CCCC)C(=O)CCC(CC(=O)N(CC(CC)CCCC)CC(CC)CCCC)C(C)(C)C. The lowest BCUT2D eigenvalue weighted by Crippen LogP contribution is -2.41. The van der Waals surface area contributed by atoms with Gasteiger partial charge in [0.2, 0.25) is 11.8 Å². The maximum atomic E-state index is 14.2. The molecule has 0 bridgehead atoms. The van der Waals surface area contributed by atoms with E-state index in [9.17, 15) is 9.59 Å². The van der Waals surface area contributed by atoms with Crippen molar-refractivity contribution in [1.29, 1.82) is 0 Å². The minimum Gasteiger partial charge on any atom is -0.342 e. The molecule has 0 aliphatic carbocycles. The van der Waals surface area contributed by atoms with Crippen LogP contribution in [0, 0.1) is 35.0 Å². The minimum atomic E-state index is -0.0225. The molecule has 0 aromatic rings. The average Bonchev–Trinajstić information content (AvgIpc) is 3.04. The van der Waals surface area contributed by atoms with Crippen molar-refractivity contribution in [2.24, 2.45) is 35.0 Å². The van der Waals surface area contributed by atoms with E-state index in [1.165, 1.54) is 77.0 Å². The molecule has 0 heterocycles. The average molecular weight is 649 g/mol. The van der Waals surface area contributed by atoms with E-state index in [-0.39, 0.29) is 11.3 Å². The van der Waals surface area contributed by atoms with Crippen LogP contribution in [0.1, 0.15) is 198 Å². The van der Waals surface area contributed by atoms with Gasteiger partial charge in [0.25, 0.3) is 0 Å². The second kappa shape index (κ2) is 26.8. The van der Waals surface area contributed by atoms with Crippen molar-refractivity contribution < 1.29 is 9.59 Å². The highest BCUT2D eigenvalue weighted by Gasteiger charge is 2.31. The van der Waals surface area contributed by atoms with Crippen molar-refractivity contribution in [3.63, 3.8) is 0 Å². The summed E-state index contributed by atoms with van der Waals surface area (Å²) >= 11 is 0. The van der Waals surface area contributed by atoms with Gasteiger partial charge in [-0.3, -0.25) is 9.59 Å². The second-order valence-electron chi connectivity index (χ2n) is 16.1. The molecule has 274 valence electrons. The van der Waals surface area contributed by atoms with E-state index in [0.717, 1.165) is 58.3 Å². The van der Waals surface area contributed by atoms with Crippen LogP contribution >= 0.6 is 0 Å². The third kappa shape index (κ3) is 19.7. The molecule has 0 N–H and O–H groups in total. The van der Waals surface area contributed by atoms with Crippen LogP contribution in [0.25, 0.3) is 0 Å². The van der Waals surface area contributed by atoms with Gasteiger partial charge in [-0.25, -0.2) is 0 Å². The molecule has 0 spiro atoms. The van der Waals surface area contributed by atoms with E-state index in [2.05, 4.69) is 86.0 Å². The lowest BCUT2D eigenvalue weighted by Gasteiger charge is -2.36. The molecular formula is C42H84N2O2. The van der Waals surface area contributed by atoms with Crippen molar-refractivity contribution in [2.45, 2.75) is 198 Å². The first kappa shape index (κ1) is 44.9. The summed E-state index contributed by atoms with van der Waals surface area (Å²) in [5.74, 6) is 3.16. The van der Waals surface area contributed by atoms with Crippen molar-refractivity contribution in [3.05, 3.63) is 0 Å². The molecule has 0 rings (SSSR count). The summed E-state index contributed by atoms with van der Waals surface area (Å²) in [6.07, 6.45) is 21.1. The van der Waals surface area contributed by atoms with Gasteiger partial charge in [-0.2, -0.15) is 0 Å². The molecule has 5 atom stereocenters. The van der Waals surface area contributed by atoms with E-state index in [1.54, 1.807) is 0 Å². The van der Waals surface area contributed by atoms with Gasteiger partial charge in [-0.1, -0.05) is 153 Å². The zero-order chi connectivity index (χ0) is 35.0. The summed E-state index contributed by atoms with van der Waals surface area (Å²) in [4.78, 5) is 32.8. The Kier molecular flexibility index (Phi) is 26.2. The number of hydrogen-bond donors (Lipinski definition) is 0. The van der Waals surface area contributed by atoms with Crippen LogP contribution in [0.3, 0.4) is 0 Å². The smallest absolute Gasteiger partial charge is 0.222 e. The third-order valence-electron chi connectivity index (χ3n) is 11.1. The Morgan fingerprint density at radius 2 is 0.783 bits per heavy atom. The van der Waals surface area contributed by atoms with Crippen molar-refractivity contribution in [3.8, 4) is 0 Å². The molecule has 5 unspecified atom stereocenters. The van der Waals surface area contributed by atoms with Crippen LogP contribution in [-0.4, -0.2) is 47.8 Å². The highest BCUT2D eigenvalue weighted by Crippen LogP contribution is 2.34. The Hall–Kier alpha value is -1.06. The van der Waals surface area contributed by atoms with Gasteiger partial charge in [0.1, 0.15) is 0 Å². The summed E-state index contributed by atoms with van der Waals surface area (Å²) in [7, 11) is 0. The minimum absolute atomic E-state index is 0.0225. The molecule has 0 aliphatic heterocycles. The number of carbonyl (C=O) groups is 2. The predicted octanol–water partition coefficient (Wildman–Crippen LogP) is 12.3. The van der Waals surface area contributed by atoms with E-state index in [0.29, 0.717) is 48.3 Å². The fourth-order valence-corrected chi connectivity index (χ4v) is 7.11. The molecule has 4 heteroatoms. The van der Waals surface area contributed by atoms with Gasteiger partial charge < -0.3 is 9.80 Å². The number of rotatable bonds is 29. The topological polar surface area (TPSA) is 40.6 Å². The molecule has 4 nitrogen and oxygen atoms in total. The Morgan fingerprint density at radius 1 is 0.478 bits per heavy atom. The summed E-state index contributed by atoms with van der Waals surface area (Å²) in [6, 6.07) is 0. The first-order valence-corrected chi connectivity index (χ1v) is 20.5. The van der Waals surface area contributed by atoms with Crippen LogP contribution in [0.15, 0.2) is 0 Å². The normalized spacial score (nSPS) is 15.3. The highest BCUT2D eigenvalue weighted by molar-refractivity contribution is 5.78. The Morgan fingerprint density at radius 3 is 1.04 bits per heavy atom. The summed E-state index contributed by atoms with van der Waals surface area (Å²) < 4.78 is 0. The van der Waals surface area contributed by atoms with E-state index in [4.69, 9.17) is 0 Å². The molecule has 2 amide bonds. The molecular weight excluding hydrogens is 564 g/mol. The van der Waals surface area contributed by atoms with Gasteiger partial charge in [-0.15, -0.1) is 0 Å². The number of unbranched alkanes of at least 4 members (excludes halogenated alkanes) is 4. The molecule has 0 saturated carbocycles. The van der Waals surface area contributed by atoms with Crippen LogP contribution < -0.4 is 0 Å². The number of hydrogen-bond acceptors (Lipinski definition) is 2. The predicted molar refractivity (Wildman–Crippen MR) is 203 cm³/mol. The molecule has 0 aromatic heterocycles. The standard InChI is InChI=1S/C42H84N2O2/c1-12-20-24-35(16-5)31-43(32-36(17-6)25-21-13-2)40(45)29-28-39(42(9,10)11)30-41(46)44(33-37(18-7)26-22-14-3)34-38(19-8)27-23-15-4/h35-39H,12-34H2,1-11H3. The first-order chi connectivity index (χ1) is 21.9. The lowest BCUT2D eigenvalue weighted by molar-refractivity contribution is -0.136. The van der Waals surface area contributed by atoms with Gasteiger partial charge in [0, 0.05) is 39.0 Å². The Labute approximate surface area is 290 Å². The van der Waals surface area contributed by atoms with E-state index in [1.807, 2.05) is 0 Å². The number of amides is 2. The van der Waals surface area contributed by atoms with E-state index >= 15 is 0 Å². The lowest BCUT2D eigenvalue weighted by atomic mass is 9.75. The zero-order valence-electron chi connectivity index (χ0n) is 33.4. The molecule has 0 radical (unpaired) electrons. The third-order valence-corrected chi connectivity index (χ3v) is 11.1. The molecule has 0 fully saturated rings. The Bertz CT molecular complexity index is 708. The number of carbonyl (C=O) groups excluding carboxylic acids is 2. The summed E-state index contributed by atoms with van der Waals surface area (Å²) in [5.41, 5.74) is -0.0225. The summed E-state index contributed by atoms with van der Waals surface area (Å²) in [5, 5.41) is 0. The fraction of sp³-hybridized carbons (Fsp3) is 0.952. The van der Waals surface area contributed by atoms with Crippen molar-refractivity contribution >= 4 is 11.8 Å². The van der Waals surface area contributed by atoms with Crippen molar-refractivity contribution in [2.75, 3.05) is 26.2 Å². The summed E-state index contributed by atoms with van der Waals surface area (Å²) in [6.45, 7) is 28.7. The monoisotopic (exact) mass is 649 g/mol. The van der Waals surface area contributed by atoms with Gasteiger partial charge in [0.05, 0.1) is 0 Å². The van der Waals surface area contributed by atoms with Gasteiger partial charge in [-0.05, 0) is 67.1 Å². The maximum absolute atomic E-state index is 14.2. The van der Waals surface area contributed by atoms with Crippen LogP contribution in [0.2, 0.25) is 0 Å². The quantitative estimate of drug-likeness (QED) is 0.0809. The van der Waals surface area contributed by atoms with Crippen molar-refractivity contribution in [1.82, 2.24) is 9.80 Å². The van der Waals surface area contributed by atoms with E-state index < -0.39 is 0 Å².